The lowest BCUT2D eigenvalue weighted by Crippen LogP contribution is -2.44. The summed E-state index contributed by atoms with van der Waals surface area (Å²) in [4.78, 5) is 32.7. The molecule has 0 heterocycles. The number of halogens is 1. The minimum atomic E-state index is -1.47. The number of urea groups is 1. The maximum absolute atomic E-state index is 11.5. The Morgan fingerprint density at radius 1 is 1.16 bits per heavy atom. The number of carbonyl (C=O) groups is 3. The van der Waals surface area contributed by atoms with Crippen LogP contribution in [0, 0.1) is 3.57 Å². The topological polar surface area (TPSA) is 116 Å². The van der Waals surface area contributed by atoms with Gasteiger partial charge < -0.3 is 20.8 Å². The third kappa shape index (κ3) is 5.55. The smallest absolute Gasteiger partial charge is 0.326 e. The predicted octanol–water partition coefficient (Wildman–Crippen LogP) is 1.34. The quantitative estimate of drug-likeness (QED) is 0.578. The van der Waals surface area contributed by atoms with Crippen LogP contribution in [-0.2, 0) is 9.59 Å². The highest BCUT2D eigenvalue weighted by molar-refractivity contribution is 14.1. The number of rotatable bonds is 5. The maximum Gasteiger partial charge on any atom is 0.326 e. The standard InChI is InChI=1S/C11H11IN2O5/c12-6-1-3-7(4-2-6)13-11(19)14-8(10(17)18)5-9(15)16/h1-4,8H,5H2,(H,15,16)(H,17,18)(H2,13,14,19)/t8-/m1/s1. The van der Waals surface area contributed by atoms with Crippen molar-refractivity contribution in [1.82, 2.24) is 5.32 Å². The first-order valence-electron chi connectivity index (χ1n) is 5.16. The number of benzene rings is 1. The van der Waals surface area contributed by atoms with Gasteiger partial charge in [0.25, 0.3) is 0 Å². The highest BCUT2D eigenvalue weighted by Gasteiger charge is 2.22. The second-order valence-corrected chi connectivity index (χ2v) is 4.84. The number of carboxylic acids is 2. The van der Waals surface area contributed by atoms with E-state index in [-0.39, 0.29) is 0 Å². The zero-order valence-corrected chi connectivity index (χ0v) is 11.7. The van der Waals surface area contributed by atoms with E-state index in [1.807, 2.05) is 0 Å². The van der Waals surface area contributed by atoms with E-state index < -0.39 is 30.4 Å². The zero-order chi connectivity index (χ0) is 14.4. The molecule has 1 rings (SSSR count). The predicted molar refractivity (Wildman–Crippen MR) is 75.0 cm³/mol. The highest BCUT2D eigenvalue weighted by atomic mass is 127. The SMILES string of the molecule is O=C(O)C[C@@H](NC(=O)Nc1ccc(I)cc1)C(=O)O. The van der Waals surface area contributed by atoms with Crippen LogP contribution in [0.15, 0.2) is 24.3 Å². The molecule has 7 nitrogen and oxygen atoms in total. The molecule has 0 aliphatic rings. The Labute approximate surface area is 122 Å². The normalized spacial score (nSPS) is 11.4. The Morgan fingerprint density at radius 2 is 1.74 bits per heavy atom. The summed E-state index contributed by atoms with van der Waals surface area (Å²) in [6, 6.07) is 4.59. The summed E-state index contributed by atoms with van der Waals surface area (Å²) in [6.07, 6.45) is -0.685. The molecule has 0 aromatic heterocycles. The van der Waals surface area contributed by atoms with Gasteiger partial charge in [0.05, 0.1) is 6.42 Å². The van der Waals surface area contributed by atoms with Crippen molar-refractivity contribution < 1.29 is 24.6 Å². The maximum atomic E-state index is 11.5. The molecule has 102 valence electrons. The Hall–Kier alpha value is -1.84. The van der Waals surface area contributed by atoms with Crippen molar-refractivity contribution >= 4 is 46.2 Å². The van der Waals surface area contributed by atoms with E-state index in [4.69, 9.17) is 10.2 Å². The van der Waals surface area contributed by atoms with Gasteiger partial charge in [-0.2, -0.15) is 0 Å². The largest absolute Gasteiger partial charge is 0.481 e. The molecule has 0 unspecified atom stereocenters. The van der Waals surface area contributed by atoms with Gasteiger partial charge in [-0.05, 0) is 46.9 Å². The van der Waals surface area contributed by atoms with Crippen molar-refractivity contribution in [3.63, 3.8) is 0 Å². The molecular formula is C11H11IN2O5. The van der Waals surface area contributed by atoms with Crippen LogP contribution in [0.5, 0.6) is 0 Å². The van der Waals surface area contributed by atoms with Crippen LogP contribution in [0.2, 0.25) is 0 Å². The average Bonchev–Trinajstić information content (AvgIpc) is 2.30. The van der Waals surface area contributed by atoms with Crippen molar-refractivity contribution in [2.75, 3.05) is 5.32 Å². The molecule has 1 aromatic rings. The summed E-state index contributed by atoms with van der Waals surface area (Å²) in [7, 11) is 0. The molecule has 4 N–H and O–H groups in total. The number of aliphatic carboxylic acids is 2. The summed E-state index contributed by atoms with van der Waals surface area (Å²) >= 11 is 2.10. The molecule has 0 saturated carbocycles. The van der Waals surface area contributed by atoms with E-state index in [9.17, 15) is 14.4 Å². The van der Waals surface area contributed by atoms with Gasteiger partial charge in [0, 0.05) is 9.26 Å². The van der Waals surface area contributed by atoms with Gasteiger partial charge in [0.2, 0.25) is 0 Å². The first-order valence-corrected chi connectivity index (χ1v) is 6.24. The third-order valence-electron chi connectivity index (χ3n) is 2.08. The van der Waals surface area contributed by atoms with Crippen LogP contribution in [0.1, 0.15) is 6.42 Å². The van der Waals surface area contributed by atoms with Crippen LogP contribution < -0.4 is 10.6 Å². The van der Waals surface area contributed by atoms with Crippen LogP contribution in [0.3, 0.4) is 0 Å². The number of carbonyl (C=O) groups excluding carboxylic acids is 1. The minimum absolute atomic E-state index is 0.484. The Bertz CT molecular complexity index is 488. The van der Waals surface area contributed by atoms with E-state index in [1.165, 1.54) is 0 Å². The van der Waals surface area contributed by atoms with Crippen molar-refractivity contribution in [2.24, 2.45) is 0 Å². The summed E-state index contributed by atoms with van der Waals surface area (Å²) in [5.41, 5.74) is 0.484. The van der Waals surface area contributed by atoms with E-state index in [0.717, 1.165) is 3.57 Å². The van der Waals surface area contributed by atoms with Crippen molar-refractivity contribution in [2.45, 2.75) is 12.5 Å². The Balaban J connectivity index is 2.59. The van der Waals surface area contributed by atoms with Gasteiger partial charge in [0.15, 0.2) is 0 Å². The highest BCUT2D eigenvalue weighted by Crippen LogP contribution is 2.10. The monoisotopic (exact) mass is 378 g/mol. The van der Waals surface area contributed by atoms with Crippen LogP contribution in [0.4, 0.5) is 10.5 Å². The fourth-order valence-electron chi connectivity index (χ4n) is 1.23. The first kappa shape index (κ1) is 15.2. The molecule has 0 saturated heterocycles. The molecule has 0 aliphatic carbocycles. The summed E-state index contributed by atoms with van der Waals surface area (Å²) in [5.74, 6) is -2.71. The fraction of sp³-hybridized carbons (Fsp3) is 0.182. The molecule has 0 bridgehead atoms. The Kier molecular flexibility index (Phi) is 5.55. The lowest BCUT2D eigenvalue weighted by atomic mass is 10.2. The molecule has 0 spiro atoms. The first-order chi connectivity index (χ1) is 8.88. The van der Waals surface area contributed by atoms with E-state index in [0.29, 0.717) is 5.69 Å². The van der Waals surface area contributed by atoms with Gasteiger partial charge in [-0.15, -0.1) is 0 Å². The number of nitrogens with one attached hydrogen (secondary N) is 2. The number of hydrogen-bond acceptors (Lipinski definition) is 3. The zero-order valence-electron chi connectivity index (χ0n) is 9.59. The lowest BCUT2D eigenvalue weighted by molar-refractivity contribution is -0.145. The molecule has 8 heteroatoms. The summed E-state index contributed by atoms with van der Waals surface area (Å²) in [5, 5.41) is 21.8. The molecule has 1 aromatic carbocycles. The molecule has 0 radical (unpaired) electrons. The lowest BCUT2D eigenvalue weighted by Gasteiger charge is -2.13. The van der Waals surface area contributed by atoms with Crippen LogP contribution in [-0.4, -0.2) is 34.2 Å². The summed E-state index contributed by atoms with van der Waals surface area (Å²) in [6.45, 7) is 0. The third-order valence-corrected chi connectivity index (χ3v) is 2.80. The van der Waals surface area contributed by atoms with Crippen molar-refractivity contribution in [1.29, 1.82) is 0 Å². The van der Waals surface area contributed by atoms with E-state index >= 15 is 0 Å². The van der Waals surface area contributed by atoms with E-state index in [1.54, 1.807) is 24.3 Å². The molecule has 2 amide bonds. The summed E-state index contributed by atoms with van der Waals surface area (Å²) < 4.78 is 0.984. The van der Waals surface area contributed by atoms with Crippen molar-refractivity contribution in [3.8, 4) is 0 Å². The molecule has 0 aliphatic heterocycles. The molecular weight excluding hydrogens is 367 g/mol. The minimum Gasteiger partial charge on any atom is -0.481 e. The van der Waals surface area contributed by atoms with Gasteiger partial charge in [0.1, 0.15) is 6.04 Å². The van der Waals surface area contributed by atoms with Crippen molar-refractivity contribution in [3.05, 3.63) is 27.8 Å². The Morgan fingerprint density at radius 3 is 2.21 bits per heavy atom. The van der Waals surface area contributed by atoms with Gasteiger partial charge in [-0.25, -0.2) is 9.59 Å². The second kappa shape index (κ2) is 6.92. The van der Waals surface area contributed by atoms with Gasteiger partial charge >= 0.3 is 18.0 Å². The number of anilines is 1. The van der Waals surface area contributed by atoms with Crippen LogP contribution >= 0.6 is 22.6 Å². The van der Waals surface area contributed by atoms with Crippen LogP contribution in [0.25, 0.3) is 0 Å². The second-order valence-electron chi connectivity index (χ2n) is 3.59. The number of carboxylic acid groups (broad SMARTS) is 2. The van der Waals surface area contributed by atoms with Gasteiger partial charge in [-0.1, -0.05) is 0 Å². The molecule has 19 heavy (non-hydrogen) atoms. The van der Waals surface area contributed by atoms with E-state index in [2.05, 4.69) is 33.2 Å². The fourth-order valence-corrected chi connectivity index (χ4v) is 1.59. The average molecular weight is 378 g/mol. The number of hydrogen-bond donors (Lipinski definition) is 4. The number of amides is 2. The molecule has 1 atom stereocenters. The van der Waals surface area contributed by atoms with Gasteiger partial charge in [-0.3, -0.25) is 4.79 Å². The molecule has 0 fully saturated rings.